The van der Waals surface area contributed by atoms with Gasteiger partial charge in [0.05, 0.1) is 24.9 Å². The fraction of sp³-hybridized carbons (Fsp3) is 0.500. The van der Waals surface area contributed by atoms with Crippen molar-refractivity contribution >= 4 is 11.6 Å². The molecule has 0 aliphatic carbocycles. The van der Waals surface area contributed by atoms with E-state index in [0.29, 0.717) is 49.5 Å². The fourth-order valence-corrected chi connectivity index (χ4v) is 3.84. The summed E-state index contributed by atoms with van der Waals surface area (Å²) in [6.07, 6.45) is 3.45. The quantitative estimate of drug-likeness (QED) is 0.840. The number of fused-ring (bicyclic) bond motifs is 1. The standard InChI is InChI=1S/C20H25FN4O3/c1-13(23-19(27)17-12-22-25-7-2-10-28-20(17)25)16-11-14(21)3-4-18(16)24-8-5-15(26)6-9-24/h3-4,11-13,15,26H,2,5-10H2,1H3,(H,23,27). The van der Waals surface area contributed by atoms with Gasteiger partial charge in [-0.05, 0) is 38.0 Å². The summed E-state index contributed by atoms with van der Waals surface area (Å²) in [5, 5.41) is 16.9. The maximum absolute atomic E-state index is 14.0. The van der Waals surface area contributed by atoms with Gasteiger partial charge in [-0.2, -0.15) is 5.10 Å². The Labute approximate surface area is 163 Å². The van der Waals surface area contributed by atoms with Crippen LogP contribution in [0.15, 0.2) is 24.4 Å². The molecule has 2 aliphatic heterocycles. The number of nitrogens with one attached hydrogen (secondary N) is 1. The van der Waals surface area contributed by atoms with Crippen LogP contribution >= 0.6 is 0 Å². The highest BCUT2D eigenvalue weighted by Crippen LogP contribution is 2.30. The summed E-state index contributed by atoms with van der Waals surface area (Å²) in [5.74, 6) is -0.150. The highest BCUT2D eigenvalue weighted by Gasteiger charge is 2.25. The lowest BCUT2D eigenvalue weighted by molar-refractivity contribution is 0.0933. The molecule has 1 aromatic carbocycles. The Morgan fingerprint density at radius 3 is 2.93 bits per heavy atom. The van der Waals surface area contributed by atoms with Gasteiger partial charge in [-0.1, -0.05) is 0 Å². The normalized spacial score (nSPS) is 18.3. The smallest absolute Gasteiger partial charge is 0.258 e. The summed E-state index contributed by atoms with van der Waals surface area (Å²) >= 11 is 0. The number of amides is 1. The molecule has 2 N–H and O–H groups in total. The van der Waals surface area contributed by atoms with E-state index in [-0.39, 0.29) is 17.8 Å². The molecule has 7 nitrogen and oxygen atoms in total. The molecule has 8 heteroatoms. The number of hydrogen-bond acceptors (Lipinski definition) is 5. The lowest BCUT2D eigenvalue weighted by atomic mass is 10.0. The minimum atomic E-state index is -0.399. The molecule has 2 aliphatic rings. The molecule has 0 spiro atoms. The predicted molar refractivity (Wildman–Crippen MR) is 102 cm³/mol. The van der Waals surface area contributed by atoms with Crippen LogP contribution in [0.4, 0.5) is 10.1 Å². The third kappa shape index (κ3) is 3.69. The molecular weight excluding hydrogens is 363 g/mol. The van der Waals surface area contributed by atoms with Gasteiger partial charge < -0.3 is 20.1 Å². The number of aliphatic hydroxyl groups excluding tert-OH is 1. The molecule has 4 rings (SSSR count). The average Bonchev–Trinajstić information content (AvgIpc) is 3.13. The summed E-state index contributed by atoms with van der Waals surface area (Å²) in [5.41, 5.74) is 1.99. The number of rotatable bonds is 4. The molecule has 1 fully saturated rings. The van der Waals surface area contributed by atoms with Crippen LogP contribution in [0, 0.1) is 5.82 Å². The monoisotopic (exact) mass is 388 g/mol. The Kier molecular flexibility index (Phi) is 5.21. The molecule has 150 valence electrons. The number of benzene rings is 1. The van der Waals surface area contributed by atoms with Crippen molar-refractivity contribution in [2.24, 2.45) is 0 Å². The van der Waals surface area contributed by atoms with Crippen molar-refractivity contribution in [3.05, 3.63) is 41.3 Å². The molecule has 1 aromatic heterocycles. The second-order valence-electron chi connectivity index (χ2n) is 7.41. The zero-order chi connectivity index (χ0) is 19.7. The van der Waals surface area contributed by atoms with E-state index in [1.807, 2.05) is 6.92 Å². The Morgan fingerprint density at radius 2 is 2.14 bits per heavy atom. The molecule has 1 atom stereocenters. The number of nitrogens with zero attached hydrogens (tertiary/aromatic N) is 3. The molecule has 3 heterocycles. The first-order chi connectivity index (χ1) is 13.5. The van der Waals surface area contributed by atoms with Crippen molar-refractivity contribution in [1.29, 1.82) is 0 Å². The molecule has 0 radical (unpaired) electrons. The molecular formula is C20H25FN4O3. The maximum Gasteiger partial charge on any atom is 0.258 e. The van der Waals surface area contributed by atoms with Crippen LogP contribution in [0.1, 0.15) is 48.1 Å². The number of piperidine rings is 1. The highest BCUT2D eigenvalue weighted by molar-refractivity contribution is 5.96. The van der Waals surface area contributed by atoms with Gasteiger partial charge in [-0.3, -0.25) is 4.79 Å². The van der Waals surface area contributed by atoms with E-state index in [9.17, 15) is 14.3 Å². The van der Waals surface area contributed by atoms with Gasteiger partial charge in [0.1, 0.15) is 11.4 Å². The first-order valence-corrected chi connectivity index (χ1v) is 9.75. The number of aliphatic hydroxyl groups is 1. The fourth-order valence-electron chi connectivity index (χ4n) is 3.84. The summed E-state index contributed by atoms with van der Waals surface area (Å²) < 4.78 is 21.3. The number of carbonyl (C=O) groups excluding carboxylic acids is 1. The van der Waals surface area contributed by atoms with Gasteiger partial charge >= 0.3 is 0 Å². The molecule has 0 bridgehead atoms. The molecule has 2 aromatic rings. The SMILES string of the molecule is CC(NC(=O)c1cnn2c1OCCC2)c1cc(F)ccc1N1CCC(O)CC1. The maximum atomic E-state index is 14.0. The van der Waals surface area contributed by atoms with Crippen LogP contribution in [-0.4, -0.2) is 46.6 Å². The van der Waals surface area contributed by atoms with Crippen molar-refractivity contribution in [3.8, 4) is 5.88 Å². The molecule has 1 amide bonds. The second kappa shape index (κ2) is 7.79. The van der Waals surface area contributed by atoms with Gasteiger partial charge in [0.15, 0.2) is 0 Å². The second-order valence-corrected chi connectivity index (χ2v) is 7.41. The van der Waals surface area contributed by atoms with Crippen molar-refractivity contribution in [3.63, 3.8) is 0 Å². The van der Waals surface area contributed by atoms with Crippen molar-refractivity contribution in [2.75, 3.05) is 24.6 Å². The lowest BCUT2D eigenvalue weighted by Crippen LogP contribution is -2.37. The van der Waals surface area contributed by atoms with E-state index < -0.39 is 6.04 Å². The Morgan fingerprint density at radius 1 is 1.36 bits per heavy atom. The summed E-state index contributed by atoms with van der Waals surface area (Å²) in [7, 11) is 0. The molecule has 0 saturated carbocycles. The Hall–Kier alpha value is -2.61. The molecule has 1 unspecified atom stereocenters. The zero-order valence-electron chi connectivity index (χ0n) is 15.9. The summed E-state index contributed by atoms with van der Waals surface area (Å²) in [4.78, 5) is 14.9. The highest BCUT2D eigenvalue weighted by atomic mass is 19.1. The van der Waals surface area contributed by atoms with Gasteiger partial charge in [0.25, 0.3) is 5.91 Å². The van der Waals surface area contributed by atoms with E-state index in [0.717, 1.165) is 18.7 Å². The van der Waals surface area contributed by atoms with Gasteiger partial charge in [0.2, 0.25) is 5.88 Å². The Balaban J connectivity index is 1.54. The van der Waals surface area contributed by atoms with Gasteiger partial charge in [-0.15, -0.1) is 0 Å². The van der Waals surface area contributed by atoms with Crippen LogP contribution in [0.2, 0.25) is 0 Å². The number of aromatic nitrogens is 2. The number of hydrogen-bond donors (Lipinski definition) is 2. The van der Waals surface area contributed by atoms with E-state index in [2.05, 4.69) is 15.3 Å². The first kappa shape index (κ1) is 18.7. The van der Waals surface area contributed by atoms with Gasteiger partial charge in [-0.25, -0.2) is 9.07 Å². The van der Waals surface area contributed by atoms with Crippen LogP contribution in [0.5, 0.6) is 5.88 Å². The summed E-state index contributed by atoms with van der Waals surface area (Å²) in [6.45, 7) is 4.53. The summed E-state index contributed by atoms with van der Waals surface area (Å²) in [6, 6.07) is 4.25. The Bertz CT molecular complexity index is 861. The van der Waals surface area contributed by atoms with E-state index in [1.165, 1.54) is 18.3 Å². The van der Waals surface area contributed by atoms with Crippen LogP contribution in [0.25, 0.3) is 0 Å². The zero-order valence-corrected chi connectivity index (χ0v) is 15.9. The average molecular weight is 388 g/mol. The number of halogens is 1. The van der Waals surface area contributed by atoms with Crippen molar-refractivity contribution in [1.82, 2.24) is 15.1 Å². The van der Waals surface area contributed by atoms with Crippen molar-refractivity contribution in [2.45, 2.75) is 44.9 Å². The van der Waals surface area contributed by atoms with E-state index >= 15 is 0 Å². The third-order valence-electron chi connectivity index (χ3n) is 5.40. The molecule has 1 saturated heterocycles. The third-order valence-corrected chi connectivity index (χ3v) is 5.40. The largest absolute Gasteiger partial charge is 0.477 e. The topological polar surface area (TPSA) is 79.6 Å². The van der Waals surface area contributed by atoms with Crippen LogP contribution in [0.3, 0.4) is 0 Å². The number of ether oxygens (including phenoxy) is 1. The first-order valence-electron chi connectivity index (χ1n) is 9.75. The van der Waals surface area contributed by atoms with Crippen molar-refractivity contribution < 1.29 is 19.0 Å². The van der Waals surface area contributed by atoms with Crippen LogP contribution < -0.4 is 15.0 Å². The number of carbonyl (C=O) groups is 1. The number of anilines is 1. The minimum Gasteiger partial charge on any atom is -0.477 e. The van der Waals surface area contributed by atoms with Gasteiger partial charge in [0, 0.05) is 37.3 Å². The predicted octanol–water partition coefficient (Wildman–Crippen LogP) is 2.26. The van der Waals surface area contributed by atoms with E-state index in [4.69, 9.17) is 4.74 Å². The lowest BCUT2D eigenvalue weighted by Gasteiger charge is -2.34. The van der Waals surface area contributed by atoms with E-state index in [1.54, 1.807) is 10.7 Å². The number of aryl methyl sites for hydroxylation is 1. The molecule has 28 heavy (non-hydrogen) atoms. The van der Waals surface area contributed by atoms with Crippen LogP contribution in [-0.2, 0) is 6.54 Å². The minimum absolute atomic E-state index is 0.286.